The van der Waals surface area contributed by atoms with Crippen molar-refractivity contribution in [2.45, 2.75) is 13.8 Å². The first-order valence-corrected chi connectivity index (χ1v) is 3.66. The molecule has 60 valence electrons. The number of hydrogen-bond donors (Lipinski definition) is 0. The normalized spacial score (nSPS) is 5.20. The topological polar surface area (TPSA) is 0 Å². The van der Waals surface area contributed by atoms with Crippen LogP contribution in [0.25, 0.3) is 0 Å². The summed E-state index contributed by atoms with van der Waals surface area (Å²) in [5.41, 5.74) is 1.30. The van der Waals surface area contributed by atoms with Crippen molar-refractivity contribution in [2.75, 3.05) is 6.38 Å². The fourth-order valence-electron chi connectivity index (χ4n) is 0.236. The Kier molecular flexibility index (Phi) is 38.3. The fourth-order valence-corrected chi connectivity index (χ4v) is 0.236. The van der Waals surface area contributed by atoms with Crippen molar-refractivity contribution in [1.29, 1.82) is 0 Å². The van der Waals surface area contributed by atoms with Crippen molar-refractivity contribution in [3.05, 3.63) is 37.5 Å². The highest BCUT2D eigenvalue weighted by Crippen LogP contribution is 1.85. The average Bonchev–Trinajstić information content (AvgIpc) is 1.96. The lowest BCUT2D eigenvalue weighted by Gasteiger charge is -1.76. The molecule has 0 spiro atoms. The first-order chi connectivity index (χ1) is 4.77. The molecule has 0 bridgehead atoms. The van der Waals surface area contributed by atoms with Crippen LogP contribution in [0.5, 0.6) is 0 Å². The molecule has 0 N–H and O–H groups in total. The van der Waals surface area contributed by atoms with E-state index < -0.39 is 0 Å². The van der Waals surface area contributed by atoms with Gasteiger partial charge in [0.2, 0.25) is 0 Å². The summed E-state index contributed by atoms with van der Waals surface area (Å²) in [4.78, 5) is 0. The van der Waals surface area contributed by atoms with Crippen LogP contribution >= 0.6 is 11.6 Å². The minimum atomic E-state index is 1.30. The van der Waals surface area contributed by atoms with Crippen molar-refractivity contribution < 1.29 is 0 Å². The second kappa shape index (κ2) is 23.6. The maximum atomic E-state index is 4.64. The third-order valence-corrected chi connectivity index (χ3v) is 0.451. The summed E-state index contributed by atoms with van der Waals surface area (Å²) in [7, 11) is 0. The third kappa shape index (κ3) is 50.5. The molecular formula is C9H17Cl. The van der Waals surface area contributed by atoms with Crippen LogP contribution in [0.2, 0.25) is 0 Å². The van der Waals surface area contributed by atoms with Gasteiger partial charge in [-0.1, -0.05) is 24.3 Å². The first-order valence-electron chi connectivity index (χ1n) is 2.91. The van der Waals surface area contributed by atoms with Crippen LogP contribution in [0.15, 0.2) is 37.5 Å². The highest BCUT2D eigenvalue weighted by molar-refractivity contribution is 6.15. The van der Waals surface area contributed by atoms with Crippen molar-refractivity contribution in [1.82, 2.24) is 0 Å². The lowest BCUT2D eigenvalue weighted by atomic mass is 10.3. The standard InChI is InChI=1S/C6H10.C2H4.CH3Cl/c1-4-5-6(2)3;2*1-2/h4-5H,1H2,2-3H3;1-2H2;1H3. The summed E-state index contributed by atoms with van der Waals surface area (Å²) < 4.78 is 0. The Morgan fingerprint density at radius 1 is 1.20 bits per heavy atom. The molecule has 0 fully saturated rings. The number of rotatable bonds is 1. The monoisotopic (exact) mass is 160 g/mol. The minimum Gasteiger partial charge on any atom is -0.130 e. The van der Waals surface area contributed by atoms with Gasteiger partial charge in [0.25, 0.3) is 0 Å². The van der Waals surface area contributed by atoms with Gasteiger partial charge in [-0.25, -0.2) is 0 Å². The zero-order valence-electron chi connectivity index (χ0n) is 7.15. The maximum absolute atomic E-state index is 4.64. The van der Waals surface area contributed by atoms with E-state index in [1.807, 2.05) is 19.9 Å². The molecule has 0 aromatic rings. The van der Waals surface area contributed by atoms with Crippen LogP contribution in [-0.2, 0) is 0 Å². The van der Waals surface area contributed by atoms with E-state index in [4.69, 9.17) is 0 Å². The molecule has 0 aromatic carbocycles. The molecule has 0 nitrogen and oxygen atoms in total. The van der Waals surface area contributed by atoms with Gasteiger partial charge in [0, 0.05) is 6.38 Å². The molecule has 0 aliphatic rings. The van der Waals surface area contributed by atoms with E-state index in [1.54, 1.807) is 6.08 Å². The number of hydrogen-bond acceptors (Lipinski definition) is 0. The molecule has 0 amide bonds. The summed E-state index contributed by atoms with van der Waals surface area (Å²) in [6, 6.07) is 0. The first kappa shape index (κ1) is 16.3. The van der Waals surface area contributed by atoms with Crippen LogP contribution in [-0.4, -0.2) is 6.38 Å². The molecule has 10 heavy (non-hydrogen) atoms. The fraction of sp³-hybridized carbons (Fsp3) is 0.333. The van der Waals surface area contributed by atoms with Gasteiger partial charge >= 0.3 is 0 Å². The Bertz CT molecular complexity index is 78.7. The number of alkyl halides is 1. The highest BCUT2D eigenvalue weighted by atomic mass is 35.5. The van der Waals surface area contributed by atoms with Crippen LogP contribution in [0.1, 0.15) is 13.8 Å². The summed E-state index contributed by atoms with van der Waals surface area (Å²) in [5.74, 6) is 0. The zero-order chi connectivity index (χ0) is 8.99. The van der Waals surface area contributed by atoms with E-state index in [-0.39, 0.29) is 0 Å². The SMILES string of the molecule is C=C.C=CC=C(C)C.CCl. The largest absolute Gasteiger partial charge is 0.130 e. The van der Waals surface area contributed by atoms with Crippen LogP contribution in [0.3, 0.4) is 0 Å². The summed E-state index contributed by atoms with van der Waals surface area (Å²) in [5, 5.41) is 0. The summed E-state index contributed by atoms with van der Waals surface area (Å²) in [6.45, 7) is 13.6. The summed E-state index contributed by atoms with van der Waals surface area (Å²) >= 11 is 4.64. The van der Waals surface area contributed by atoms with Gasteiger partial charge < -0.3 is 0 Å². The Morgan fingerprint density at radius 2 is 1.50 bits per heavy atom. The van der Waals surface area contributed by atoms with Gasteiger partial charge in [0.15, 0.2) is 0 Å². The second-order valence-electron chi connectivity index (χ2n) is 1.48. The van der Waals surface area contributed by atoms with Crippen molar-refractivity contribution in [2.24, 2.45) is 0 Å². The van der Waals surface area contributed by atoms with Crippen molar-refractivity contribution in [3.63, 3.8) is 0 Å². The molecular weight excluding hydrogens is 144 g/mol. The van der Waals surface area contributed by atoms with Gasteiger partial charge in [-0.05, 0) is 13.8 Å². The van der Waals surface area contributed by atoms with Crippen LogP contribution in [0, 0.1) is 0 Å². The van der Waals surface area contributed by atoms with Gasteiger partial charge in [0.1, 0.15) is 0 Å². The predicted molar refractivity (Wildman–Crippen MR) is 52.7 cm³/mol. The van der Waals surface area contributed by atoms with E-state index in [0.29, 0.717) is 0 Å². The van der Waals surface area contributed by atoms with E-state index >= 15 is 0 Å². The highest BCUT2D eigenvalue weighted by Gasteiger charge is 1.63. The molecule has 0 heterocycles. The molecule has 0 saturated carbocycles. The van der Waals surface area contributed by atoms with E-state index in [1.165, 1.54) is 12.0 Å². The average molecular weight is 161 g/mol. The predicted octanol–water partition coefficient (Wildman–Crippen LogP) is 3.80. The van der Waals surface area contributed by atoms with E-state index in [9.17, 15) is 0 Å². The van der Waals surface area contributed by atoms with Gasteiger partial charge in [-0.3, -0.25) is 0 Å². The molecule has 0 rings (SSSR count). The lowest BCUT2D eigenvalue weighted by Crippen LogP contribution is -1.54. The quantitative estimate of drug-likeness (QED) is 0.311. The molecule has 1 heteroatoms. The second-order valence-corrected chi connectivity index (χ2v) is 1.48. The molecule has 0 aromatic heterocycles. The smallest absolute Gasteiger partial charge is 0.0108 e. The Hall–Kier alpha value is -0.490. The van der Waals surface area contributed by atoms with Crippen molar-refractivity contribution in [3.8, 4) is 0 Å². The van der Waals surface area contributed by atoms with Crippen LogP contribution < -0.4 is 0 Å². The molecule has 0 aliphatic carbocycles. The van der Waals surface area contributed by atoms with E-state index in [0.717, 1.165) is 0 Å². The molecule has 0 saturated heterocycles. The Balaban J connectivity index is -0.000000105. The number of allylic oxidation sites excluding steroid dienone is 3. The van der Waals surface area contributed by atoms with Crippen LogP contribution in [0.4, 0.5) is 0 Å². The molecule has 0 atom stereocenters. The van der Waals surface area contributed by atoms with Gasteiger partial charge in [-0.15, -0.1) is 24.8 Å². The lowest BCUT2D eigenvalue weighted by molar-refractivity contribution is 1.40. The molecule has 0 unspecified atom stereocenters. The molecule has 0 radical (unpaired) electrons. The Morgan fingerprint density at radius 3 is 1.50 bits per heavy atom. The Labute approximate surface area is 69.9 Å². The maximum Gasteiger partial charge on any atom is 0.0108 e. The van der Waals surface area contributed by atoms with E-state index in [2.05, 4.69) is 31.3 Å². The third-order valence-electron chi connectivity index (χ3n) is 0.451. The summed E-state index contributed by atoms with van der Waals surface area (Å²) in [6.07, 6.45) is 5.23. The minimum absolute atomic E-state index is 1.30. The zero-order valence-corrected chi connectivity index (χ0v) is 7.91. The van der Waals surface area contributed by atoms with Gasteiger partial charge in [0.05, 0.1) is 0 Å². The number of halogens is 1. The van der Waals surface area contributed by atoms with Gasteiger partial charge in [-0.2, -0.15) is 0 Å². The molecule has 0 aliphatic heterocycles. The van der Waals surface area contributed by atoms with Crippen molar-refractivity contribution >= 4 is 11.6 Å².